The fraction of sp³-hybridized carbons (Fsp3) is 0.417. The number of aromatic hydroxyl groups is 2. The maximum absolute atomic E-state index is 11.3. The van der Waals surface area contributed by atoms with Crippen LogP contribution in [-0.2, 0) is 11.3 Å². The van der Waals surface area contributed by atoms with E-state index in [0.717, 1.165) is 0 Å². The molecule has 0 heterocycles. The van der Waals surface area contributed by atoms with Crippen molar-refractivity contribution in [3.05, 3.63) is 23.8 Å². The van der Waals surface area contributed by atoms with Crippen molar-refractivity contribution in [1.82, 2.24) is 10.6 Å². The van der Waals surface area contributed by atoms with Crippen LogP contribution in [0.4, 0.5) is 0 Å². The molecule has 94 valence electrons. The lowest BCUT2D eigenvalue weighted by Gasteiger charge is -2.10. The molecular weight excluding hydrogens is 220 g/mol. The second-order valence-corrected chi connectivity index (χ2v) is 4.11. The van der Waals surface area contributed by atoms with Gasteiger partial charge in [-0.25, -0.2) is 0 Å². The van der Waals surface area contributed by atoms with Crippen molar-refractivity contribution in [3.63, 3.8) is 0 Å². The maximum Gasteiger partial charge on any atom is 0.234 e. The molecule has 5 nitrogen and oxygen atoms in total. The van der Waals surface area contributed by atoms with Crippen molar-refractivity contribution >= 4 is 5.91 Å². The fourth-order valence-electron chi connectivity index (χ4n) is 1.40. The van der Waals surface area contributed by atoms with Gasteiger partial charge in [-0.1, -0.05) is 12.1 Å². The van der Waals surface area contributed by atoms with E-state index in [0.29, 0.717) is 12.1 Å². The van der Waals surface area contributed by atoms with Gasteiger partial charge in [0, 0.05) is 18.2 Å². The number of carbonyl (C=O) groups is 1. The van der Waals surface area contributed by atoms with Crippen molar-refractivity contribution in [2.75, 3.05) is 6.54 Å². The lowest BCUT2D eigenvalue weighted by Crippen LogP contribution is -2.37. The number of benzene rings is 1. The van der Waals surface area contributed by atoms with Crippen LogP contribution >= 0.6 is 0 Å². The van der Waals surface area contributed by atoms with Gasteiger partial charge in [0.2, 0.25) is 5.91 Å². The molecule has 17 heavy (non-hydrogen) atoms. The first-order valence-corrected chi connectivity index (χ1v) is 5.50. The van der Waals surface area contributed by atoms with Gasteiger partial charge in [-0.05, 0) is 19.9 Å². The SMILES string of the molecule is CC(C)NC(=O)CNCc1cccc(O)c1O. The van der Waals surface area contributed by atoms with Crippen molar-refractivity contribution in [1.29, 1.82) is 0 Å². The zero-order valence-corrected chi connectivity index (χ0v) is 10.0. The Labute approximate surface area is 100 Å². The molecule has 1 rings (SSSR count). The van der Waals surface area contributed by atoms with Crippen LogP contribution in [0.15, 0.2) is 18.2 Å². The average Bonchev–Trinajstić information content (AvgIpc) is 2.23. The zero-order valence-electron chi connectivity index (χ0n) is 10.0. The highest BCUT2D eigenvalue weighted by molar-refractivity contribution is 5.78. The summed E-state index contributed by atoms with van der Waals surface area (Å²) in [7, 11) is 0. The Hall–Kier alpha value is -1.75. The van der Waals surface area contributed by atoms with E-state index < -0.39 is 0 Å². The highest BCUT2D eigenvalue weighted by Gasteiger charge is 2.06. The van der Waals surface area contributed by atoms with Gasteiger partial charge in [0.1, 0.15) is 0 Å². The second kappa shape index (κ2) is 6.10. The number of rotatable bonds is 5. The van der Waals surface area contributed by atoms with Gasteiger partial charge in [-0.3, -0.25) is 4.79 Å². The van der Waals surface area contributed by atoms with E-state index in [1.165, 1.54) is 6.07 Å². The van der Waals surface area contributed by atoms with Crippen molar-refractivity contribution in [3.8, 4) is 11.5 Å². The quantitative estimate of drug-likeness (QED) is 0.569. The topological polar surface area (TPSA) is 81.6 Å². The maximum atomic E-state index is 11.3. The van der Waals surface area contributed by atoms with Gasteiger partial charge >= 0.3 is 0 Å². The summed E-state index contributed by atoms with van der Waals surface area (Å²) >= 11 is 0. The minimum atomic E-state index is -0.157. The van der Waals surface area contributed by atoms with E-state index in [1.54, 1.807) is 12.1 Å². The van der Waals surface area contributed by atoms with Gasteiger partial charge in [0.05, 0.1) is 6.54 Å². The van der Waals surface area contributed by atoms with Crippen LogP contribution in [-0.4, -0.2) is 28.7 Å². The van der Waals surface area contributed by atoms with Crippen LogP contribution in [0.1, 0.15) is 19.4 Å². The molecule has 0 radical (unpaired) electrons. The van der Waals surface area contributed by atoms with E-state index in [1.807, 2.05) is 13.8 Å². The number of carbonyl (C=O) groups excluding carboxylic acids is 1. The van der Waals surface area contributed by atoms with Gasteiger partial charge < -0.3 is 20.8 Å². The lowest BCUT2D eigenvalue weighted by atomic mass is 10.2. The second-order valence-electron chi connectivity index (χ2n) is 4.11. The van der Waals surface area contributed by atoms with E-state index in [2.05, 4.69) is 10.6 Å². The van der Waals surface area contributed by atoms with Crippen molar-refractivity contribution in [2.45, 2.75) is 26.4 Å². The minimum absolute atomic E-state index is 0.0976. The summed E-state index contributed by atoms with van der Waals surface area (Å²) in [6, 6.07) is 4.84. The molecule has 1 aromatic carbocycles. The standard InChI is InChI=1S/C12H18N2O3/c1-8(2)14-11(16)7-13-6-9-4-3-5-10(15)12(9)17/h3-5,8,13,15,17H,6-7H2,1-2H3,(H,14,16). The monoisotopic (exact) mass is 238 g/mol. The van der Waals surface area contributed by atoms with Gasteiger partial charge in [-0.2, -0.15) is 0 Å². The molecule has 4 N–H and O–H groups in total. The molecule has 0 atom stereocenters. The average molecular weight is 238 g/mol. The number of phenols is 2. The molecule has 0 bridgehead atoms. The Bertz CT molecular complexity index is 391. The van der Waals surface area contributed by atoms with Crippen LogP contribution in [0.2, 0.25) is 0 Å². The lowest BCUT2D eigenvalue weighted by molar-refractivity contribution is -0.120. The third-order valence-corrected chi connectivity index (χ3v) is 2.15. The predicted octanol–water partition coefficient (Wildman–Crippen LogP) is 0.712. The third-order valence-electron chi connectivity index (χ3n) is 2.15. The van der Waals surface area contributed by atoms with Crippen LogP contribution < -0.4 is 10.6 Å². The van der Waals surface area contributed by atoms with Gasteiger partial charge in [0.25, 0.3) is 0 Å². The summed E-state index contributed by atoms with van der Waals surface area (Å²) in [6.45, 7) is 4.27. The Morgan fingerprint density at radius 3 is 2.71 bits per heavy atom. The van der Waals surface area contributed by atoms with Crippen LogP contribution in [0.25, 0.3) is 0 Å². The molecule has 0 spiro atoms. The molecule has 0 fully saturated rings. The molecule has 0 unspecified atom stereocenters. The molecule has 5 heteroatoms. The summed E-state index contributed by atoms with van der Waals surface area (Å²) in [4.78, 5) is 11.3. The molecule has 1 aromatic rings. The van der Waals surface area contributed by atoms with Gasteiger partial charge in [0.15, 0.2) is 11.5 Å². The first kappa shape index (κ1) is 13.3. The van der Waals surface area contributed by atoms with Crippen molar-refractivity contribution < 1.29 is 15.0 Å². The smallest absolute Gasteiger partial charge is 0.234 e. The van der Waals surface area contributed by atoms with Crippen LogP contribution in [0.3, 0.4) is 0 Å². The Morgan fingerprint density at radius 2 is 2.06 bits per heavy atom. The summed E-state index contributed by atoms with van der Waals surface area (Å²) in [5, 5.41) is 24.4. The first-order chi connectivity index (χ1) is 8.00. The highest BCUT2D eigenvalue weighted by atomic mass is 16.3. The Balaban J connectivity index is 2.41. The highest BCUT2D eigenvalue weighted by Crippen LogP contribution is 2.27. The third kappa shape index (κ3) is 4.32. The van der Waals surface area contributed by atoms with E-state index >= 15 is 0 Å². The van der Waals surface area contributed by atoms with Crippen LogP contribution in [0.5, 0.6) is 11.5 Å². The summed E-state index contributed by atoms with van der Waals surface area (Å²) in [5.74, 6) is -0.403. The molecule has 0 aliphatic heterocycles. The zero-order chi connectivity index (χ0) is 12.8. The predicted molar refractivity (Wildman–Crippen MR) is 64.8 cm³/mol. The molecule has 1 amide bonds. The molecule has 0 saturated heterocycles. The summed E-state index contributed by atoms with van der Waals surface area (Å²) in [5.41, 5.74) is 0.558. The first-order valence-electron chi connectivity index (χ1n) is 5.50. The number of amides is 1. The number of hydrogen-bond donors (Lipinski definition) is 4. The fourth-order valence-corrected chi connectivity index (χ4v) is 1.40. The molecule has 0 saturated carbocycles. The number of hydrogen-bond acceptors (Lipinski definition) is 4. The largest absolute Gasteiger partial charge is 0.504 e. The Morgan fingerprint density at radius 1 is 1.35 bits per heavy atom. The molecule has 0 aliphatic rings. The van der Waals surface area contributed by atoms with E-state index in [9.17, 15) is 15.0 Å². The Kier molecular flexibility index (Phi) is 4.78. The van der Waals surface area contributed by atoms with E-state index in [-0.39, 0.29) is 30.0 Å². The molecular formula is C12H18N2O3. The number of nitrogens with one attached hydrogen (secondary N) is 2. The van der Waals surface area contributed by atoms with Crippen LogP contribution in [0, 0.1) is 0 Å². The van der Waals surface area contributed by atoms with Gasteiger partial charge in [-0.15, -0.1) is 0 Å². The number of para-hydroxylation sites is 1. The summed E-state index contributed by atoms with van der Waals surface area (Å²) < 4.78 is 0. The van der Waals surface area contributed by atoms with Crippen molar-refractivity contribution in [2.24, 2.45) is 0 Å². The van der Waals surface area contributed by atoms with E-state index in [4.69, 9.17) is 0 Å². The minimum Gasteiger partial charge on any atom is -0.504 e. The molecule has 0 aromatic heterocycles. The summed E-state index contributed by atoms with van der Waals surface area (Å²) in [6.07, 6.45) is 0. The normalized spacial score (nSPS) is 10.5. The number of phenolic OH excluding ortho intramolecular Hbond substituents is 2. The molecule has 0 aliphatic carbocycles.